The van der Waals surface area contributed by atoms with Crippen molar-refractivity contribution in [3.05, 3.63) is 51.5 Å². The normalized spacial score (nSPS) is 17.3. The predicted molar refractivity (Wildman–Crippen MR) is 116 cm³/mol. The first-order chi connectivity index (χ1) is 15.4. The molecule has 1 aromatic carbocycles. The van der Waals surface area contributed by atoms with Gasteiger partial charge >= 0.3 is 5.69 Å². The fourth-order valence-corrected chi connectivity index (χ4v) is 5.35. The fourth-order valence-electron chi connectivity index (χ4n) is 3.68. The van der Waals surface area contributed by atoms with E-state index < -0.39 is 53.5 Å². The number of hydrogen-bond donors (Lipinski definition) is 0. The molecular weight excluding hydrogens is 460 g/mol. The number of aromatic nitrogens is 2. The molecule has 3 rings (SSSR count). The van der Waals surface area contributed by atoms with E-state index in [0.717, 1.165) is 24.4 Å². The van der Waals surface area contributed by atoms with E-state index in [-0.39, 0.29) is 31.3 Å². The Hall–Kier alpha value is -3.06. The molecular formula is C20H23F2N5O5S. The lowest BCUT2D eigenvalue weighted by Crippen LogP contribution is -2.49. The van der Waals surface area contributed by atoms with Crippen LogP contribution in [0.3, 0.4) is 0 Å². The van der Waals surface area contributed by atoms with Gasteiger partial charge in [0.15, 0.2) is 9.84 Å². The number of ether oxygens (including phenoxy) is 1. The molecule has 1 unspecified atom stereocenters. The standard InChI is InChI=1S/C20H23F2N5O5S/c1-12-24-16(15(10-23-4)33(30,31)18-13(21)6-5-7-14(18)22)17(27(28)29)19(25-12)26-8-9-32-20(2,3)11-26/h5-7,10,15H,8-9,11H2,1-4H3. The van der Waals surface area contributed by atoms with Gasteiger partial charge in [-0.15, -0.1) is 0 Å². The van der Waals surface area contributed by atoms with E-state index in [0.29, 0.717) is 0 Å². The summed E-state index contributed by atoms with van der Waals surface area (Å²) < 4.78 is 61.2. The molecule has 33 heavy (non-hydrogen) atoms. The van der Waals surface area contributed by atoms with Crippen molar-refractivity contribution in [2.45, 2.75) is 36.5 Å². The molecule has 0 aliphatic carbocycles. The fraction of sp³-hybridized carbons (Fsp3) is 0.450. The number of halogens is 2. The molecule has 13 heteroatoms. The number of morpholine rings is 1. The third-order valence-electron chi connectivity index (χ3n) is 5.00. The van der Waals surface area contributed by atoms with E-state index in [1.54, 1.807) is 18.7 Å². The Morgan fingerprint density at radius 1 is 1.30 bits per heavy atom. The van der Waals surface area contributed by atoms with Gasteiger partial charge in [0.05, 0.1) is 17.1 Å². The highest BCUT2D eigenvalue weighted by molar-refractivity contribution is 7.92. The molecule has 0 N–H and O–H groups in total. The van der Waals surface area contributed by atoms with Gasteiger partial charge in [-0.25, -0.2) is 27.2 Å². The molecule has 0 radical (unpaired) electrons. The molecule has 1 fully saturated rings. The van der Waals surface area contributed by atoms with Crippen molar-refractivity contribution in [1.82, 2.24) is 9.97 Å². The van der Waals surface area contributed by atoms with Crippen LogP contribution < -0.4 is 4.90 Å². The molecule has 1 aromatic heterocycles. The molecule has 1 saturated heterocycles. The smallest absolute Gasteiger partial charge is 0.334 e. The van der Waals surface area contributed by atoms with Crippen molar-refractivity contribution in [2.24, 2.45) is 4.99 Å². The number of aryl methyl sites for hydroxylation is 1. The summed E-state index contributed by atoms with van der Waals surface area (Å²) in [6.07, 6.45) is 0.864. The molecule has 0 bridgehead atoms. The first-order valence-electron chi connectivity index (χ1n) is 9.91. The Labute approximate surface area is 189 Å². The number of nitrogens with zero attached hydrogens (tertiary/aromatic N) is 5. The highest BCUT2D eigenvalue weighted by atomic mass is 32.2. The molecule has 1 aliphatic heterocycles. The van der Waals surface area contributed by atoms with Crippen LogP contribution in [0.4, 0.5) is 20.3 Å². The van der Waals surface area contributed by atoms with Gasteiger partial charge in [0.1, 0.15) is 33.3 Å². The summed E-state index contributed by atoms with van der Waals surface area (Å²) in [5, 5.41) is 10.2. The summed E-state index contributed by atoms with van der Waals surface area (Å²) in [5.41, 5.74) is -1.85. The van der Waals surface area contributed by atoms with Crippen LogP contribution in [0, 0.1) is 28.7 Å². The number of nitro groups is 1. The molecule has 10 nitrogen and oxygen atoms in total. The van der Waals surface area contributed by atoms with Gasteiger partial charge < -0.3 is 9.64 Å². The number of aliphatic imine (C=N–C) groups is 1. The second-order valence-corrected chi connectivity index (χ2v) is 10.0. The van der Waals surface area contributed by atoms with Gasteiger partial charge in [0.25, 0.3) is 0 Å². The highest BCUT2D eigenvalue weighted by Crippen LogP contribution is 2.39. The number of anilines is 1. The van der Waals surface area contributed by atoms with Crippen molar-refractivity contribution in [1.29, 1.82) is 0 Å². The van der Waals surface area contributed by atoms with Crippen LogP contribution in [0.25, 0.3) is 0 Å². The van der Waals surface area contributed by atoms with Crippen LogP contribution in [-0.4, -0.2) is 61.9 Å². The minimum Gasteiger partial charge on any atom is -0.372 e. The van der Waals surface area contributed by atoms with Crippen LogP contribution in [0.5, 0.6) is 0 Å². The maximum atomic E-state index is 14.4. The average molecular weight is 483 g/mol. The second-order valence-electron chi connectivity index (χ2n) is 8.04. The summed E-state index contributed by atoms with van der Waals surface area (Å²) in [6, 6.07) is 2.59. The van der Waals surface area contributed by atoms with Crippen LogP contribution in [-0.2, 0) is 14.6 Å². The third kappa shape index (κ3) is 4.83. The van der Waals surface area contributed by atoms with Crippen molar-refractivity contribution < 1.29 is 26.9 Å². The minimum atomic E-state index is -4.86. The monoisotopic (exact) mass is 483 g/mol. The van der Waals surface area contributed by atoms with Crippen molar-refractivity contribution in [3.8, 4) is 0 Å². The largest absolute Gasteiger partial charge is 0.372 e. The quantitative estimate of drug-likeness (QED) is 0.349. The molecule has 2 heterocycles. The first-order valence-corrected chi connectivity index (χ1v) is 11.5. The molecule has 178 valence electrons. The van der Waals surface area contributed by atoms with E-state index in [4.69, 9.17) is 4.74 Å². The first kappa shape index (κ1) is 24.6. The highest BCUT2D eigenvalue weighted by Gasteiger charge is 2.42. The van der Waals surface area contributed by atoms with Crippen molar-refractivity contribution >= 4 is 27.6 Å². The Bertz CT molecular complexity index is 1200. The second kappa shape index (κ2) is 9.06. The molecule has 2 aromatic rings. The molecule has 1 atom stereocenters. The zero-order valence-electron chi connectivity index (χ0n) is 18.4. The van der Waals surface area contributed by atoms with Crippen LogP contribution in [0.15, 0.2) is 28.1 Å². The Morgan fingerprint density at radius 3 is 2.48 bits per heavy atom. The van der Waals surface area contributed by atoms with E-state index >= 15 is 0 Å². The van der Waals surface area contributed by atoms with Crippen LogP contribution in [0.2, 0.25) is 0 Å². The number of sulfone groups is 1. The lowest BCUT2D eigenvalue weighted by molar-refractivity contribution is -0.385. The van der Waals surface area contributed by atoms with Gasteiger partial charge in [-0.3, -0.25) is 15.1 Å². The van der Waals surface area contributed by atoms with E-state index in [1.807, 2.05) is 0 Å². The van der Waals surface area contributed by atoms with Gasteiger partial charge in [0, 0.05) is 26.4 Å². The number of rotatable bonds is 6. The summed E-state index contributed by atoms with van der Waals surface area (Å²) in [7, 11) is -3.62. The third-order valence-corrected chi connectivity index (χ3v) is 6.98. The van der Waals surface area contributed by atoms with Crippen molar-refractivity contribution in [2.75, 3.05) is 31.6 Å². The van der Waals surface area contributed by atoms with Gasteiger partial charge in [-0.1, -0.05) is 6.07 Å². The molecule has 1 aliphatic rings. The Morgan fingerprint density at radius 2 is 1.94 bits per heavy atom. The van der Waals surface area contributed by atoms with Gasteiger partial charge in [0.2, 0.25) is 5.82 Å². The number of benzene rings is 1. The SMILES string of the molecule is CN=CC(c1nc(C)nc(N2CCOC(C)(C)C2)c1[N+](=O)[O-])S(=O)(=O)c1c(F)cccc1F. The van der Waals surface area contributed by atoms with Crippen LogP contribution in [0.1, 0.15) is 30.6 Å². The summed E-state index contributed by atoms with van der Waals surface area (Å²) in [6.45, 7) is 5.82. The lowest BCUT2D eigenvalue weighted by atomic mass is 10.1. The maximum Gasteiger partial charge on any atom is 0.334 e. The number of hydrogen-bond acceptors (Lipinski definition) is 9. The van der Waals surface area contributed by atoms with Gasteiger partial charge in [-0.05, 0) is 32.9 Å². The zero-order valence-corrected chi connectivity index (χ0v) is 19.3. The minimum absolute atomic E-state index is 0.0496. The maximum absolute atomic E-state index is 14.4. The Kier molecular flexibility index (Phi) is 6.75. The predicted octanol–water partition coefficient (Wildman–Crippen LogP) is 2.80. The zero-order chi connectivity index (χ0) is 24.6. The summed E-state index contributed by atoms with van der Waals surface area (Å²) >= 11 is 0. The van der Waals surface area contributed by atoms with E-state index in [1.165, 1.54) is 14.0 Å². The van der Waals surface area contributed by atoms with E-state index in [2.05, 4.69) is 15.0 Å². The molecule has 0 saturated carbocycles. The summed E-state index contributed by atoms with van der Waals surface area (Å²) in [4.78, 5) is 23.7. The Balaban J connectivity index is 2.29. The van der Waals surface area contributed by atoms with Crippen LogP contribution >= 0.6 is 0 Å². The molecule has 0 amide bonds. The van der Waals surface area contributed by atoms with Crippen molar-refractivity contribution in [3.63, 3.8) is 0 Å². The topological polar surface area (TPSA) is 128 Å². The van der Waals surface area contributed by atoms with Gasteiger partial charge in [-0.2, -0.15) is 0 Å². The lowest BCUT2D eigenvalue weighted by Gasteiger charge is -2.38. The molecule has 0 spiro atoms. The van der Waals surface area contributed by atoms with E-state index in [9.17, 15) is 27.3 Å². The average Bonchev–Trinajstić information content (AvgIpc) is 2.69. The summed E-state index contributed by atoms with van der Waals surface area (Å²) in [5.74, 6) is -2.70.